The zero-order chi connectivity index (χ0) is 28.8. The van der Waals surface area contributed by atoms with Crippen molar-refractivity contribution in [3.63, 3.8) is 0 Å². The fraction of sp³-hybridized carbons (Fsp3) is 0.375. The summed E-state index contributed by atoms with van der Waals surface area (Å²) in [4.78, 5) is 33.0. The first-order valence-corrected chi connectivity index (χ1v) is 14.3. The lowest BCUT2D eigenvalue weighted by Gasteiger charge is -2.43. The number of carbonyl (C=O) groups excluding carboxylic acids is 2. The van der Waals surface area contributed by atoms with Gasteiger partial charge in [-0.3, -0.25) is 9.59 Å². The van der Waals surface area contributed by atoms with Crippen LogP contribution in [-0.2, 0) is 4.79 Å². The van der Waals surface area contributed by atoms with Crippen molar-refractivity contribution in [3.05, 3.63) is 88.7 Å². The number of hydrogen-bond acceptors (Lipinski definition) is 4. The van der Waals surface area contributed by atoms with Crippen LogP contribution in [0.2, 0.25) is 5.02 Å². The van der Waals surface area contributed by atoms with Crippen molar-refractivity contribution in [1.29, 1.82) is 0 Å². The number of carbonyl (C=O) groups is 2. The average molecular weight is 566 g/mol. The molecule has 1 aliphatic rings. The number of amides is 2. The van der Waals surface area contributed by atoms with Crippen LogP contribution in [0.1, 0.15) is 62.5 Å². The highest BCUT2D eigenvalue weighted by Crippen LogP contribution is 2.44. The SMILES string of the molecule is CCC(=O)N(c1ccc(Cl)cc1)[C@@H]1C[C@H](C)N(C(=O)c2ccc(F)cc2)c2ccc(OCCN(CC)CC)cc21. The van der Waals surface area contributed by atoms with Gasteiger partial charge in [-0.2, -0.15) is 0 Å². The molecule has 4 rings (SSSR count). The second-order valence-electron chi connectivity index (χ2n) is 9.97. The predicted molar refractivity (Wildman–Crippen MR) is 159 cm³/mol. The van der Waals surface area contributed by atoms with Crippen molar-refractivity contribution in [2.75, 3.05) is 36.0 Å². The second kappa shape index (κ2) is 13.3. The molecule has 2 atom stereocenters. The lowest BCUT2D eigenvalue weighted by Crippen LogP contribution is -2.47. The molecular formula is C32H37ClFN3O3. The Kier molecular flexibility index (Phi) is 9.82. The number of anilines is 2. The molecule has 8 heteroatoms. The third-order valence-electron chi connectivity index (χ3n) is 7.49. The second-order valence-corrected chi connectivity index (χ2v) is 10.4. The third kappa shape index (κ3) is 6.48. The highest BCUT2D eigenvalue weighted by Gasteiger charge is 2.39. The van der Waals surface area contributed by atoms with Gasteiger partial charge >= 0.3 is 0 Å². The Morgan fingerprint density at radius 2 is 1.68 bits per heavy atom. The van der Waals surface area contributed by atoms with Crippen LogP contribution < -0.4 is 14.5 Å². The molecule has 0 aromatic heterocycles. The standard InChI is InChI=1S/C32H37ClFN3O3/c1-5-31(38)37(26-14-10-24(33)11-15-26)30-20-22(4)36(32(39)23-8-12-25(34)13-9-23)29-17-16-27(21-28(29)30)40-19-18-35(6-2)7-3/h8-17,21-22,30H,5-7,18-20H2,1-4H3/t22-,30+/m0/s1. The van der Waals surface area contributed by atoms with Gasteiger partial charge in [-0.15, -0.1) is 0 Å². The molecule has 0 radical (unpaired) electrons. The molecule has 1 aliphatic heterocycles. The number of nitrogens with zero attached hydrogens (tertiary/aromatic N) is 3. The average Bonchev–Trinajstić information content (AvgIpc) is 2.96. The van der Waals surface area contributed by atoms with Crippen LogP contribution in [0.25, 0.3) is 0 Å². The van der Waals surface area contributed by atoms with E-state index in [4.69, 9.17) is 16.3 Å². The summed E-state index contributed by atoms with van der Waals surface area (Å²) < 4.78 is 19.8. The smallest absolute Gasteiger partial charge is 0.258 e. The molecule has 3 aromatic rings. The van der Waals surface area contributed by atoms with Gasteiger partial charge in [0, 0.05) is 46.5 Å². The van der Waals surface area contributed by atoms with Crippen LogP contribution in [0.4, 0.5) is 15.8 Å². The van der Waals surface area contributed by atoms with E-state index in [9.17, 15) is 14.0 Å². The number of likely N-dealkylation sites (N-methyl/N-ethyl adjacent to an activating group) is 1. The molecule has 40 heavy (non-hydrogen) atoms. The molecule has 3 aromatic carbocycles. The van der Waals surface area contributed by atoms with Crippen LogP contribution in [0.15, 0.2) is 66.7 Å². The molecule has 0 saturated heterocycles. The molecular weight excluding hydrogens is 529 g/mol. The molecule has 212 valence electrons. The number of halogens is 2. The summed E-state index contributed by atoms with van der Waals surface area (Å²) in [5.74, 6) is 0.0328. The van der Waals surface area contributed by atoms with Crippen LogP contribution in [0.5, 0.6) is 5.75 Å². The van der Waals surface area contributed by atoms with Crippen LogP contribution in [-0.4, -0.2) is 49.0 Å². The molecule has 1 heterocycles. The zero-order valence-electron chi connectivity index (χ0n) is 23.6. The van der Waals surface area contributed by atoms with Crippen molar-refractivity contribution < 1.29 is 18.7 Å². The first kappa shape index (κ1) is 29.6. The number of hydrogen-bond donors (Lipinski definition) is 0. The summed E-state index contributed by atoms with van der Waals surface area (Å²) >= 11 is 6.16. The minimum atomic E-state index is -0.396. The molecule has 0 fully saturated rings. The Morgan fingerprint density at radius 1 is 1.00 bits per heavy atom. The molecule has 0 spiro atoms. The molecule has 6 nitrogen and oxygen atoms in total. The Morgan fingerprint density at radius 3 is 2.30 bits per heavy atom. The Hall–Kier alpha value is -3.42. The fourth-order valence-corrected chi connectivity index (χ4v) is 5.42. The maximum atomic E-state index is 13.7. The normalized spacial score (nSPS) is 16.5. The van der Waals surface area contributed by atoms with Gasteiger partial charge in [0.2, 0.25) is 5.91 Å². The van der Waals surface area contributed by atoms with E-state index in [1.54, 1.807) is 17.0 Å². The van der Waals surface area contributed by atoms with Crippen LogP contribution in [0.3, 0.4) is 0 Å². The van der Waals surface area contributed by atoms with Gasteiger partial charge in [-0.1, -0.05) is 32.4 Å². The maximum absolute atomic E-state index is 13.7. The monoisotopic (exact) mass is 565 g/mol. The van der Waals surface area contributed by atoms with Gasteiger partial charge in [0.1, 0.15) is 18.2 Å². The van der Waals surface area contributed by atoms with Crippen LogP contribution >= 0.6 is 11.6 Å². The summed E-state index contributed by atoms with van der Waals surface area (Å²) in [5, 5.41) is 0.588. The van der Waals surface area contributed by atoms with E-state index in [1.165, 1.54) is 24.3 Å². The van der Waals surface area contributed by atoms with Crippen molar-refractivity contribution in [3.8, 4) is 5.75 Å². The maximum Gasteiger partial charge on any atom is 0.258 e. The molecule has 0 unspecified atom stereocenters. The van der Waals surface area contributed by atoms with Gasteiger partial charge in [0.15, 0.2) is 0 Å². The molecule has 0 saturated carbocycles. The summed E-state index contributed by atoms with van der Waals surface area (Å²) in [6.45, 7) is 11.3. The van der Waals surface area contributed by atoms with E-state index in [1.807, 2.05) is 49.1 Å². The first-order chi connectivity index (χ1) is 19.3. The minimum absolute atomic E-state index is 0.0309. The van der Waals surface area contributed by atoms with Gasteiger partial charge < -0.3 is 19.4 Å². The number of benzene rings is 3. The van der Waals surface area contributed by atoms with E-state index >= 15 is 0 Å². The predicted octanol–water partition coefficient (Wildman–Crippen LogP) is 7.12. The minimum Gasteiger partial charge on any atom is -0.492 e. The highest BCUT2D eigenvalue weighted by molar-refractivity contribution is 6.30. The summed E-state index contributed by atoms with van der Waals surface area (Å²) in [6, 6.07) is 18.0. The van der Waals surface area contributed by atoms with Crippen molar-refractivity contribution in [1.82, 2.24) is 4.90 Å². The highest BCUT2D eigenvalue weighted by atomic mass is 35.5. The summed E-state index contributed by atoms with van der Waals surface area (Å²) in [7, 11) is 0. The Balaban J connectivity index is 1.77. The van der Waals surface area contributed by atoms with Gasteiger partial charge in [-0.25, -0.2) is 4.39 Å². The van der Waals surface area contributed by atoms with Gasteiger partial charge in [0.25, 0.3) is 5.91 Å². The van der Waals surface area contributed by atoms with Crippen molar-refractivity contribution in [2.45, 2.75) is 52.6 Å². The topological polar surface area (TPSA) is 53.1 Å². The largest absolute Gasteiger partial charge is 0.492 e. The Labute approximate surface area is 241 Å². The Bertz CT molecular complexity index is 1310. The summed E-state index contributed by atoms with van der Waals surface area (Å²) in [6.07, 6.45) is 0.832. The molecule has 0 aliphatic carbocycles. The first-order valence-electron chi connectivity index (χ1n) is 13.9. The van der Waals surface area contributed by atoms with E-state index in [0.29, 0.717) is 41.5 Å². The number of ether oxygens (including phenoxy) is 1. The quantitative estimate of drug-likeness (QED) is 0.262. The van der Waals surface area contributed by atoms with Crippen molar-refractivity contribution >= 4 is 34.8 Å². The summed E-state index contributed by atoms with van der Waals surface area (Å²) in [5.41, 5.74) is 2.67. The van der Waals surface area contributed by atoms with E-state index in [-0.39, 0.29) is 23.9 Å². The molecule has 0 N–H and O–H groups in total. The van der Waals surface area contributed by atoms with E-state index in [0.717, 1.165) is 30.9 Å². The number of fused-ring (bicyclic) bond motifs is 1. The zero-order valence-corrected chi connectivity index (χ0v) is 24.3. The van der Waals surface area contributed by atoms with E-state index < -0.39 is 5.82 Å². The number of rotatable bonds is 10. The van der Waals surface area contributed by atoms with Crippen LogP contribution in [0, 0.1) is 5.82 Å². The lowest BCUT2D eigenvalue weighted by molar-refractivity contribution is -0.118. The fourth-order valence-electron chi connectivity index (χ4n) is 5.29. The molecule has 0 bridgehead atoms. The van der Waals surface area contributed by atoms with Gasteiger partial charge in [-0.05, 0) is 93.2 Å². The molecule has 2 amide bonds. The van der Waals surface area contributed by atoms with E-state index in [2.05, 4.69) is 18.7 Å². The van der Waals surface area contributed by atoms with Gasteiger partial charge in [0.05, 0.1) is 6.04 Å². The van der Waals surface area contributed by atoms with Crippen molar-refractivity contribution in [2.24, 2.45) is 0 Å². The lowest BCUT2D eigenvalue weighted by atomic mass is 9.89. The third-order valence-corrected chi connectivity index (χ3v) is 7.74.